The van der Waals surface area contributed by atoms with Gasteiger partial charge in [0.1, 0.15) is 23.0 Å². The molecule has 0 atom stereocenters. The second-order valence-corrected chi connectivity index (χ2v) is 8.25. The number of aryl methyl sites for hydroxylation is 1. The minimum absolute atomic E-state index is 0.0199. The lowest BCUT2D eigenvalue weighted by atomic mass is 10.1. The maximum Gasteiger partial charge on any atom is 0.270 e. The fraction of sp³-hybridized carbons (Fsp3) is 0.417. The first-order valence-electron chi connectivity index (χ1n) is 11.4. The van der Waals surface area contributed by atoms with Gasteiger partial charge >= 0.3 is 0 Å². The summed E-state index contributed by atoms with van der Waals surface area (Å²) in [7, 11) is 0. The number of aromatic nitrogens is 3. The zero-order chi connectivity index (χ0) is 24.4. The van der Waals surface area contributed by atoms with Gasteiger partial charge in [-0.2, -0.15) is 4.39 Å². The molecule has 8 nitrogen and oxygen atoms in total. The van der Waals surface area contributed by atoms with Crippen molar-refractivity contribution in [2.45, 2.75) is 52.3 Å². The van der Waals surface area contributed by atoms with E-state index in [1.54, 1.807) is 19.1 Å². The summed E-state index contributed by atoms with van der Waals surface area (Å²) in [6, 6.07) is 6.32. The number of carbonyl (C=O) groups excluding carboxylic acids is 1. The number of benzene rings is 1. The Labute approximate surface area is 195 Å². The third-order valence-electron chi connectivity index (χ3n) is 5.63. The van der Waals surface area contributed by atoms with Crippen molar-refractivity contribution in [2.75, 3.05) is 13.1 Å². The molecule has 5 rings (SSSR count). The number of hydrogen-bond donors (Lipinski definition) is 2. The van der Waals surface area contributed by atoms with Crippen molar-refractivity contribution in [3.05, 3.63) is 63.3 Å². The first kappa shape index (κ1) is 23.7. The summed E-state index contributed by atoms with van der Waals surface area (Å²) < 4.78 is 34.7. The van der Waals surface area contributed by atoms with E-state index in [2.05, 4.69) is 20.3 Å². The number of H-pyrrole nitrogens is 1. The van der Waals surface area contributed by atoms with Gasteiger partial charge in [0.2, 0.25) is 0 Å². The Kier molecular flexibility index (Phi) is 6.87. The Morgan fingerprint density at radius 1 is 1.18 bits per heavy atom. The molecule has 0 radical (unpaired) electrons. The zero-order valence-electron chi connectivity index (χ0n) is 19.3. The van der Waals surface area contributed by atoms with Crippen molar-refractivity contribution in [1.29, 1.82) is 0 Å². The molecule has 0 spiro atoms. The summed E-state index contributed by atoms with van der Waals surface area (Å²) in [6.07, 6.45) is 1.60. The number of ether oxygens (including phenoxy) is 1. The highest BCUT2D eigenvalue weighted by molar-refractivity contribution is 5.92. The number of fused-ring (bicyclic) bond motifs is 1. The molecule has 3 aromatic rings. The SMILES string of the molecule is CC.Cc1nc2ccc(CN3CC(Oc4ccc(C(=O)NC5CC5)nc4F)C3)c(F)c2[nH]c1=O. The van der Waals surface area contributed by atoms with Gasteiger partial charge in [0, 0.05) is 31.2 Å². The van der Waals surface area contributed by atoms with Crippen LogP contribution < -0.4 is 15.6 Å². The highest BCUT2D eigenvalue weighted by Crippen LogP contribution is 2.25. The number of amides is 1. The van der Waals surface area contributed by atoms with E-state index in [-0.39, 0.29) is 34.8 Å². The van der Waals surface area contributed by atoms with E-state index in [1.807, 2.05) is 18.7 Å². The third-order valence-corrected chi connectivity index (χ3v) is 5.63. The molecule has 180 valence electrons. The summed E-state index contributed by atoms with van der Waals surface area (Å²) in [5.41, 5.74) is 0.793. The largest absolute Gasteiger partial charge is 0.483 e. The summed E-state index contributed by atoms with van der Waals surface area (Å²) >= 11 is 0. The van der Waals surface area contributed by atoms with E-state index in [4.69, 9.17) is 4.74 Å². The lowest BCUT2D eigenvalue weighted by Gasteiger charge is -2.39. The number of aromatic amines is 1. The van der Waals surface area contributed by atoms with Gasteiger partial charge in [0.25, 0.3) is 17.4 Å². The Morgan fingerprint density at radius 3 is 2.59 bits per heavy atom. The molecule has 2 N–H and O–H groups in total. The Morgan fingerprint density at radius 2 is 1.91 bits per heavy atom. The standard InChI is InChI=1S/C22H21F2N5O3.C2H6/c1-11-21(30)28-19-15(25-11)5-2-12(18(19)23)8-29-9-14(10-29)32-17-7-6-16(27-20(17)24)22(31)26-13-3-4-13;1-2/h2,5-7,13-14H,3-4,8-10H2,1H3,(H,26,31)(H,28,30);1-2H3. The van der Waals surface area contributed by atoms with Crippen molar-refractivity contribution in [3.63, 3.8) is 0 Å². The topological polar surface area (TPSA) is 100 Å². The number of hydrogen-bond acceptors (Lipinski definition) is 6. The maximum absolute atomic E-state index is 14.8. The molecule has 3 heterocycles. The van der Waals surface area contributed by atoms with Crippen molar-refractivity contribution < 1.29 is 18.3 Å². The van der Waals surface area contributed by atoms with Crippen LogP contribution in [0.4, 0.5) is 8.78 Å². The molecule has 1 aliphatic heterocycles. The number of rotatable bonds is 6. The van der Waals surface area contributed by atoms with Crippen LogP contribution in [0.5, 0.6) is 5.75 Å². The third kappa shape index (κ3) is 5.06. The highest BCUT2D eigenvalue weighted by Gasteiger charge is 2.31. The molecule has 1 amide bonds. The molecule has 1 aliphatic carbocycles. The summed E-state index contributed by atoms with van der Waals surface area (Å²) in [5.74, 6) is -1.75. The molecule has 0 unspecified atom stereocenters. The van der Waals surface area contributed by atoms with E-state index in [0.717, 1.165) is 12.8 Å². The van der Waals surface area contributed by atoms with Gasteiger partial charge in [-0.15, -0.1) is 0 Å². The molecular formula is C24H27F2N5O3. The van der Waals surface area contributed by atoms with E-state index >= 15 is 0 Å². The number of pyridine rings is 1. The molecule has 10 heteroatoms. The predicted molar refractivity (Wildman–Crippen MR) is 123 cm³/mol. The fourth-order valence-corrected chi connectivity index (χ4v) is 3.65. The molecular weight excluding hydrogens is 444 g/mol. The quantitative estimate of drug-likeness (QED) is 0.536. The van der Waals surface area contributed by atoms with E-state index in [9.17, 15) is 18.4 Å². The molecule has 2 aliphatic rings. The van der Waals surface area contributed by atoms with Gasteiger partial charge in [-0.3, -0.25) is 14.5 Å². The van der Waals surface area contributed by atoms with Crippen LogP contribution in [0, 0.1) is 18.7 Å². The van der Waals surface area contributed by atoms with Gasteiger partial charge in [0.15, 0.2) is 11.6 Å². The number of nitrogens with zero attached hydrogens (tertiary/aromatic N) is 3. The zero-order valence-corrected chi connectivity index (χ0v) is 19.3. The maximum atomic E-state index is 14.8. The monoisotopic (exact) mass is 471 g/mol. The Balaban J connectivity index is 0.00000133. The molecule has 2 fully saturated rings. The minimum Gasteiger partial charge on any atom is -0.483 e. The number of carbonyl (C=O) groups is 1. The summed E-state index contributed by atoms with van der Waals surface area (Å²) in [4.78, 5) is 36.0. The predicted octanol–water partition coefficient (Wildman–Crippen LogP) is 3.09. The number of halogens is 2. The van der Waals surface area contributed by atoms with E-state index in [1.165, 1.54) is 12.1 Å². The van der Waals surface area contributed by atoms with Crippen LogP contribution in [0.15, 0.2) is 29.1 Å². The second-order valence-electron chi connectivity index (χ2n) is 8.25. The van der Waals surface area contributed by atoms with Crippen LogP contribution in [0.3, 0.4) is 0 Å². The van der Waals surface area contributed by atoms with Crippen molar-refractivity contribution in [3.8, 4) is 5.75 Å². The lowest BCUT2D eigenvalue weighted by molar-refractivity contribution is 0.0112. The molecule has 1 saturated heterocycles. The van der Waals surface area contributed by atoms with Crippen molar-refractivity contribution in [2.24, 2.45) is 0 Å². The van der Waals surface area contributed by atoms with Gasteiger partial charge < -0.3 is 15.0 Å². The minimum atomic E-state index is -0.834. The molecule has 1 saturated carbocycles. The highest BCUT2D eigenvalue weighted by atomic mass is 19.1. The molecule has 0 bridgehead atoms. The number of nitrogens with one attached hydrogen (secondary N) is 2. The first-order valence-corrected chi connectivity index (χ1v) is 11.4. The van der Waals surface area contributed by atoms with E-state index in [0.29, 0.717) is 30.7 Å². The van der Waals surface area contributed by atoms with Crippen LogP contribution in [-0.2, 0) is 6.54 Å². The fourth-order valence-electron chi connectivity index (χ4n) is 3.65. The van der Waals surface area contributed by atoms with Gasteiger partial charge in [-0.1, -0.05) is 19.9 Å². The van der Waals surface area contributed by atoms with Gasteiger partial charge in [0.05, 0.1) is 5.52 Å². The van der Waals surface area contributed by atoms with Crippen LogP contribution in [0.1, 0.15) is 48.4 Å². The first-order chi connectivity index (χ1) is 16.4. The Hall–Kier alpha value is -3.40. The second kappa shape index (κ2) is 9.84. The van der Waals surface area contributed by atoms with Crippen LogP contribution in [-0.4, -0.2) is 51.0 Å². The smallest absolute Gasteiger partial charge is 0.270 e. The molecule has 34 heavy (non-hydrogen) atoms. The van der Waals surface area contributed by atoms with Gasteiger partial charge in [-0.25, -0.2) is 14.4 Å². The van der Waals surface area contributed by atoms with Gasteiger partial charge in [-0.05, 0) is 38.0 Å². The van der Waals surface area contributed by atoms with Crippen molar-refractivity contribution in [1.82, 2.24) is 25.2 Å². The summed E-state index contributed by atoms with van der Waals surface area (Å²) in [5, 5.41) is 2.76. The number of likely N-dealkylation sites (tertiary alicyclic amines) is 1. The van der Waals surface area contributed by atoms with Crippen LogP contribution in [0.2, 0.25) is 0 Å². The van der Waals surface area contributed by atoms with Crippen LogP contribution in [0.25, 0.3) is 11.0 Å². The molecule has 2 aromatic heterocycles. The normalized spacial score (nSPS) is 15.9. The summed E-state index contributed by atoms with van der Waals surface area (Å²) in [6.45, 7) is 6.84. The van der Waals surface area contributed by atoms with Crippen LogP contribution >= 0.6 is 0 Å². The lowest BCUT2D eigenvalue weighted by Crippen LogP contribution is -2.53. The Bertz CT molecular complexity index is 1270. The molecule has 1 aromatic carbocycles. The van der Waals surface area contributed by atoms with E-state index < -0.39 is 23.2 Å². The average Bonchev–Trinajstić information content (AvgIpc) is 3.61. The van der Waals surface area contributed by atoms with Crippen molar-refractivity contribution >= 4 is 16.9 Å². The average molecular weight is 472 g/mol.